The summed E-state index contributed by atoms with van der Waals surface area (Å²) in [6, 6.07) is 18.9. The summed E-state index contributed by atoms with van der Waals surface area (Å²) in [6.07, 6.45) is 6.56. The fourth-order valence-corrected chi connectivity index (χ4v) is 3.10. The predicted molar refractivity (Wildman–Crippen MR) is 118 cm³/mol. The van der Waals surface area contributed by atoms with Crippen molar-refractivity contribution in [3.63, 3.8) is 0 Å². The summed E-state index contributed by atoms with van der Waals surface area (Å²) in [5, 5.41) is 3.43. The van der Waals surface area contributed by atoms with Crippen LogP contribution in [0.5, 0.6) is 5.75 Å². The van der Waals surface area contributed by atoms with Crippen LogP contribution >= 0.6 is 0 Å². The van der Waals surface area contributed by atoms with Gasteiger partial charge in [0, 0.05) is 13.1 Å². The van der Waals surface area contributed by atoms with E-state index in [9.17, 15) is 0 Å². The molecule has 2 rings (SSSR count). The van der Waals surface area contributed by atoms with Gasteiger partial charge in [-0.3, -0.25) is 0 Å². The molecular formula is C25H37NO2. The standard InChI is InChI=1S/C25H37NO2/c1-22(2)9-5-3-6-10-23-13-15-24(16-14-23)21-26-17-18-27-19-20-28-25-11-7-4-8-12-25/h4,7-8,11-16,22,26H,3,5-6,9-10,17-21H2,1-2H3. The van der Waals surface area contributed by atoms with Crippen molar-refractivity contribution in [2.75, 3.05) is 26.4 Å². The number of benzene rings is 2. The Balaban J connectivity index is 1.45. The molecule has 0 aliphatic carbocycles. The van der Waals surface area contributed by atoms with Gasteiger partial charge in [-0.1, -0.05) is 75.6 Å². The Labute approximate surface area is 171 Å². The molecule has 0 heterocycles. The van der Waals surface area contributed by atoms with Crippen LogP contribution in [0.3, 0.4) is 0 Å². The minimum Gasteiger partial charge on any atom is -0.491 e. The largest absolute Gasteiger partial charge is 0.491 e. The lowest BCUT2D eigenvalue weighted by molar-refractivity contribution is 0.102. The second-order valence-corrected chi connectivity index (χ2v) is 7.76. The van der Waals surface area contributed by atoms with Crippen molar-refractivity contribution >= 4 is 0 Å². The third-order valence-corrected chi connectivity index (χ3v) is 4.76. The van der Waals surface area contributed by atoms with Gasteiger partial charge < -0.3 is 14.8 Å². The van der Waals surface area contributed by atoms with E-state index in [4.69, 9.17) is 9.47 Å². The van der Waals surface area contributed by atoms with Crippen LogP contribution in [0.1, 0.15) is 50.7 Å². The molecule has 0 unspecified atom stereocenters. The highest BCUT2D eigenvalue weighted by atomic mass is 16.5. The van der Waals surface area contributed by atoms with E-state index in [-0.39, 0.29) is 0 Å². The number of hydrogen-bond acceptors (Lipinski definition) is 3. The molecule has 2 aromatic rings. The van der Waals surface area contributed by atoms with Gasteiger partial charge in [0.05, 0.1) is 13.2 Å². The average Bonchev–Trinajstić information content (AvgIpc) is 2.71. The third kappa shape index (κ3) is 10.5. The molecule has 3 nitrogen and oxygen atoms in total. The molecular weight excluding hydrogens is 346 g/mol. The summed E-state index contributed by atoms with van der Waals surface area (Å²) in [6.45, 7) is 8.25. The van der Waals surface area contributed by atoms with Gasteiger partial charge >= 0.3 is 0 Å². The van der Waals surface area contributed by atoms with Gasteiger partial charge in [-0.15, -0.1) is 0 Å². The molecule has 0 aromatic heterocycles. The van der Waals surface area contributed by atoms with E-state index < -0.39 is 0 Å². The summed E-state index contributed by atoms with van der Waals surface area (Å²) in [4.78, 5) is 0. The molecule has 0 fully saturated rings. The summed E-state index contributed by atoms with van der Waals surface area (Å²) < 4.78 is 11.2. The second kappa shape index (κ2) is 14.2. The van der Waals surface area contributed by atoms with Crippen LogP contribution in [-0.2, 0) is 17.7 Å². The Morgan fingerprint density at radius 3 is 2.29 bits per heavy atom. The summed E-state index contributed by atoms with van der Waals surface area (Å²) >= 11 is 0. The summed E-state index contributed by atoms with van der Waals surface area (Å²) in [5.74, 6) is 1.73. The molecule has 0 amide bonds. The van der Waals surface area contributed by atoms with Crippen LogP contribution in [0.2, 0.25) is 0 Å². The number of nitrogens with one attached hydrogen (secondary N) is 1. The van der Waals surface area contributed by atoms with Crippen LogP contribution < -0.4 is 10.1 Å². The number of aryl methyl sites for hydroxylation is 1. The number of rotatable bonds is 15. The molecule has 0 radical (unpaired) electrons. The molecule has 0 spiro atoms. The molecule has 0 atom stereocenters. The average molecular weight is 384 g/mol. The zero-order valence-electron chi connectivity index (χ0n) is 17.7. The van der Waals surface area contributed by atoms with Crippen molar-refractivity contribution < 1.29 is 9.47 Å². The zero-order chi connectivity index (χ0) is 19.9. The van der Waals surface area contributed by atoms with E-state index >= 15 is 0 Å². The SMILES string of the molecule is CC(C)CCCCCc1ccc(CNCCOCCOc2ccccc2)cc1. The van der Waals surface area contributed by atoms with E-state index in [1.54, 1.807) is 0 Å². The van der Waals surface area contributed by atoms with Gasteiger partial charge in [0.2, 0.25) is 0 Å². The molecule has 0 bridgehead atoms. The maximum atomic E-state index is 5.60. The molecule has 0 aliphatic heterocycles. The lowest BCUT2D eigenvalue weighted by Gasteiger charge is -2.09. The highest BCUT2D eigenvalue weighted by Crippen LogP contribution is 2.12. The maximum absolute atomic E-state index is 5.60. The van der Waals surface area contributed by atoms with Crippen molar-refractivity contribution in [1.82, 2.24) is 5.32 Å². The summed E-state index contributed by atoms with van der Waals surface area (Å²) in [7, 11) is 0. The molecule has 0 aliphatic rings. The van der Waals surface area contributed by atoms with Crippen LogP contribution in [0.4, 0.5) is 0 Å². The summed E-state index contributed by atoms with van der Waals surface area (Å²) in [5.41, 5.74) is 2.78. The highest BCUT2D eigenvalue weighted by Gasteiger charge is 1.98. The first-order valence-corrected chi connectivity index (χ1v) is 10.8. The zero-order valence-corrected chi connectivity index (χ0v) is 17.7. The van der Waals surface area contributed by atoms with Crippen molar-refractivity contribution in [1.29, 1.82) is 0 Å². The van der Waals surface area contributed by atoms with Crippen LogP contribution in [-0.4, -0.2) is 26.4 Å². The molecule has 0 saturated carbocycles. The van der Waals surface area contributed by atoms with Gasteiger partial charge in [0.25, 0.3) is 0 Å². The van der Waals surface area contributed by atoms with Gasteiger partial charge in [-0.2, -0.15) is 0 Å². The van der Waals surface area contributed by atoms with Gasteiger partial charge in [0.15, 0.2) is 0 Å². The minimum absolute atomic E-state index is 0.586. The van der Waals surface area contributed by atoms with Crippen molar-refractivity contribution in [3.8, 4) is 5.75 Å². The lowest BCUT2D eigenvalue weighted by Crippen LogP contribution is -2.20. The predicted octanol–water partition coefficient (Wildman–Crippen LogP) is 5.63. The Bertz CT molecular complexity index is 610. The monoisotopic (exact) mass is 383 g/mol. The number of unbranched alkanes of at least 4 members (excludes halogenated alkanes) is 2. The lowest BCUT2D eigenvalue weighted by atomic mass is 10.0. The Morgan fingerprint density at radius 1 is 0.786 bits per heavy atom. The minimum atomic E-state index is 0.586. The quantitative estimate of drug-likeness (QED) is 0.404. The first-order chi connectivity index (χ1) is 13.7. The van der Waals surface area contributed by atoms with Gasteiger partial charge in [-0.05, 0) is 42.0 Å². The molecule has 28 heavy (non-hydrogen) atoms. The Hall–Kier alpha value is -1.84. The highest BCUT2D eigenvalue weighted by molar-refractivity contribution is 5.22. The molecule has 154 valence electrons. The van der Waals surface area contributed by atoms with E-state index in [0.717, 1.165) is 24.8 Å². The van der Waals surface area contributed by atoms with Gasteiger partial charge in [-0.25, -0.2) is 0 Å². The smallest absolute Gasteiger partial charge is 0.119 e. The molecule has 3 heteroatoms. The van der Waals surface area contributed by atoms with Crippen LogP contribution in [0, 0.1) is 5.92 Å². The van der Waals surface area contributed by atoms with Gasteiger partial charge in [0.1, 0.15) is 12.4 Å². The van der Waals surface area contributed by atoms with Crippen molar-refractivity contribution in [2.45, 2.75) is 52.5 Å². The maximum Gasteiger partial charge on any atom is 0.119 e. The molecule has 1 N–H and O–H groups in total. The van der Waals surface area contributed by atoms with Crippen LogP contribution in [0.15, 0.2) is 54.6 Å². The topological polar surface area (TPSA) is 30.5 Å². The first kappa shape index (κ1) is 22.4. The molecule has 0 saturated heterocycles. The second-order valence-electron chi connectivity index (χ2n) is 7.76. The number of para-hydroxylation sites is 1. The number of ether oxygens (including phenoxy) is 2. The van der Waals surface area contributed by atoms with E-state index in [0.29, 0.717) is 19.8 Å². The van der Waals surface area contributed by atoms with Crippen molar-refractivity contribution in [3.05, 3.63) is 65.7 Å². The Morgan fingerprint density at radius 2 is 1.54 bits per heavy atom. The van der Waals surface area contributed by atoms with Crippen molar-refractivity contribution in [2.24, 2.45) is 5.92 Å². The van der Waals surface area contributed by atoms with E-state index in [1.807, 2.05) is 30.3 Å². The van der Waals surface area contributed by atoms with Crippen LogP contribution in [0.25, 0.3) is 0 Å². The fourth-order valence-electron chi connectivity index (χ4n) is 3.10. The first-order valence-electron chi connectivity index (χ1n) is 10.8. The fraction of sp³-hybridized carbons (Fsp3) is 0.520. The van der Waals surface area contributed by atoms with E-state index in [2.05, 4.69) is 43.4 Å². The molecule has 2 aromatic carbocycles. The normalized spacial score (nSPS) is 11.1. The number of hydrogen-bond donors (Lipinski definition) is 1. The van der Waals surface area contributed by atoms with E-state index in [1.165, 1.54) is 43.2 Å². The third-order valence-electron chi connectivity index (χ3n) is 4.76. The Kier molecular flexibility index (Phi) is 11.4.